The second kappa shape index (κ2) is 7.50. The van der Waals surface area contributed by atoms with Crippen molar-refractivity contribution in [3.63, 3.8) is 0 Å². The first kappa shape index (κ1) is 15.9. The van der Waals surface area contributed by atoms with Gasteiger partial charge in [0.05, 0.1) is 7.11 Å². The van der Waals surface area contributed by atoms with Crippen molar-refractivity contribution in [2.45, 2.75) is 20.3 Å². The highest BCUT2D eigenvalue weighted by Crippen LogP contribution is 2.17. The smallest absolute Gasteiger partial charge is 0.193 e. The molecule has 0 saturated carbocycles. The summed E-state index contributed by atoms with van der Waals surface area (Å²) in [6.45, 7) is 4.74. The monoisotopic (exact) mass is 297 g/mol. The fraction of sp³-hybridized carbons (Fsp3) is 0.278. The zero-order chi connectivity index (χ0) is 15.9. The predicted molar refractivity (Wildman–Crippen MR) is 92.7 cm³/mol. The lowest BCUT2D eigenvalue weighted by molar-refractivity contribution is 0.410. The lowest BCUT2D eigenvalue weighted by Crippen LogP contribution is -2.23. The van der Waals surface area contributed by atoms with Crippen LogP contribution in [0, 0.1) is 13.8 Å². The first-order chi connectivity index (χ1) is 10.6. The number of nitrogens with zero attached hydrogens (tertiary/aromatic N) is 1. The standard InChI is InChI=1S/C18H23N3O/c1-13-10-14(2)12-16(11-13)21-18(19)20-9-8-15-6-4-5-7-17(15)22-3/h4-7,10-12H,8-9H2,1-3H3,(H3,19,20,21). The highest BCUT2D eigenvalue weighted by atomic mass is 16.5. The number of methoxy groups -OCH3 is 1. The largest absolute Gasteiger partial charge is 0.496 e. The van der Waals surface area contributed by atoms with Crippen LogP contribution in [-0.2, 0) is 6.42 Å². The Kier molecular flexibility index (Phi) is 5.42. The van der Waals surface area contributed by atoms with E-state index < -0.39 is 0 Å². The molecule has 0 atom stereocenters. The summed E-state index contributed by atoms with van der Waals surface area (Å²) in [5, 5.41) is 3.13. The number of aliphatic imine (C=N–C) groups is 1. The van der Waals surface area contributed by atoms with E-state index in [1.807, 2.05) is 24.3 Å². The Balaban J connectivity index is 1.95. The number of anilines is 1. The second-order valence-electron chi connectivity index (χ2n) is 5.33. The molecule has 0 saturated heterocycles. The number of hydrogen-bond acceptors (Lipinski definition) is 2. The first-order valence-electron chi connectivity index (χ1n) is 7.35. The number of nitrogens with one attached hydrogen (secondary N) is 1. The molecule has 116 valence electrons. The molecule has 0 aromatic heterocycles. The minimum Gasteiger partial charge on any atom is -0.496 e. The summed E-state index contributed by atoms with van der Waals surface area (Å²) >= 11 is 0. The Bertz CT molecular complexity index is 645. The van der Waals surface area contributed by atoms with Crippen molar-refractivity contribution in [1.82, 2.24) is 0 Å². The minimum absolute atomic E-state index is 0.430. The molecule has 2 rings (SSSR count). The normalized spacial score (nSPS) is 11.3. The average molecular weight is 297 g/mol. The van der Waals surface area contributed by atoms with Gasteiger partial charge in [-0.25, -0.2) is 0 Å². The number of para-hydroxylation sites is 1. The highest BCUT2D eigenvalue weighted by Gasteiger charge is 2.01. The van der Waals surface area contributed by atoms with Gasteiger partial charge >= 0.3 is 0 Å². The molecule has 0 amide bonds. The molecule has 2 aromatic rings. The van der Waals surface area contributed by atoms with E-state index in [-0.39, 0.29) is 0 Å². The van der Waals surface area contributed by atoms with Crippen LogP contribution in [0.4, 0.5) is 5.69 Å². The van der Waals surface area contributed by atoms with Gasteiger partial charge in [-0.15, -0.1) is 0 Å². The van der Waals surface area contributed by atoms with Crippen LogP contribution in [0.1, 0.15) is 16.7 Å². The van der Waals surface area contributed by atoms with E-state index in [1.54, 1.807) is 7.11 Å². The van der Waals surface area contributed by atoms with Crippen molar-refractivity contribution in [2.24, 2.45) is 10.7 Å². The van der Waals surface area contributed by atoms with Crippen LogP contribution in [0.15, 0.2) is 47.5 Å². The number of hydrogen-bond donors (Lipinski definition) is 2. The van der Waals surface area contributed by atoms with Gasteiger partial charge in [0, 0.05) is 12.2 Å². The van der Waals surface area contributed by atoms with Crippen molar-refractivity contribution in [1.29, 1.82) is 0 Å². The maximum absolute atomic E-state index is 5.95. The molecule has 4 nitrogen and oxygen atoms in total. The Morgan fingerprint density at radius 3 is 2.50 bits per heavy atom. The van der Waals surface area contributed by atoms with Gasteiger partial charge in [0.2, 0.25) is 0 Å². The molecule has 0 radical (unpaired) electrons. The molecular formula is C18H23N3O. The second-order valence-corrected chi connectivity index (χ2v) is 5.33. The number of nitrogens with two attached hydrogens (primary N) is 1. The van der Waals surface area contributed by atoms with Crippen molar-refractivity contribution in [3.05, 3.63) is 59.2 Å². The molecule has 0 bridgehead atoms. The third kappa shape index (κ3) is 4.52. The van der Waals surface area contributed by atoms with Crippen molar-refractivity contribution in [2.75, 3.05) is 19.0 Å². The van der Waals surface area contributed by atoms with E-state index in [0.29, 0.717) is 12.5 Å². The van der Waals surface area contributed by atoms with E-state index in [0.717, 1.165) is 23.4 Å². The van der Waals surface area contributed by atoms with Gasteiger partial charge < -0.3 is 15.8 Å². The molecule has 0 aliphatic rings. The van der Waals surface area contributed by atoms with Crippen molar-refractivity contribution < 1.29 is 4.74 Å². The summed E-state index contributed by atoms with van der Waals surface area (Å²) in [5.41, 5.74) is 10.4. The zero-order valence-electron chi connectivity index (χ0n) is 13.4. The number of ether oxygens (including phenoxy) is 1. The SMILES string of the molecule is COc1ccccc1CCN=C(N)Nc1cc(C)cc(C)c1. The molecule has 0 spiro atoms. The quantitative estimate of drug-likeness (QED) is 0.657. The maximum atomic E-state index is 5.95. The van der Waals surface area contributed by atoms with Crippen LogP contribution in [0.3, 0.4) is 0 Å². The van der Waals surface area contributed by atoms with Crippen molar-refractivity contribution >= 4 is 11.6 Å². The molecular weight excluding hydrogens is 274 g/mol. The minimum atomic E-state index is 0.430. The predicted octanol–water partition coefficient (Wildman–Crippen LogP) is 3.28. The molecule has 3 N–H and O–H groups in total. The van der Waals surface area contributed by atoms with E-state index in [1.165, 1.54) is 11.1 Å². The molecule has 0 unspecified atom stereocenters. The van der Waals surface area contributed by atoms with Gasteiger partial charge in [-0.1, -0.05) is 24.3 Å². The Hall–Kier alpha value is -2.49. The molecule has 4 heteroatoms. The lowest BCUT2D eigenvalue weighted by atomic mass is 10.1. The summed E-state index contributed by atoms with van der Waals surface area (Å²) < 4.78 is 5.33. The highest BCUT2D eigenvalue weighted by molar-refractivity contribution is 5.92. The van der Waals surface area contributed by atoms with E-state index in [9.17, 15) is 0 Å². The third-order valence-electron chi connectivity index (χ3n) is 3.35. The number of guanidine groups is 1. The first-order valence-corrected chi connectivity index (χ1v) is 7.35. The fourth-order valence-electron chi connectivity index (χ4n) is 2.44. The van der Waals surface area contributed by atoms with Gasteiger partial charge in [-0.2, -0.15) is 0 Å². The molecule has 0 aliphatic heterocycles. The number of benzene rings is 2. The summed E-state index contributed by atoms with van der Waals surface area (Å²) in [7, 11) is 1.68. The zero-order valence-corrected chi connectivity index (χ0v) is 13.4. The van der Waals surface area contributed by atoms with Crippen LogP contribution < -0.4 is 15.8 Å². The summed E-state index contributed by atoms with van der Waals surface area (Å²) in [6.07, 6.45) is 0.791. The topological polar surface area (TPSA) is 59.6 Å². The van der Waals surface area contributed by atoms with Crippen LogP contribution in [-0.4, -0.2) is 19.6 Å². The summed E-state index contributed by atoms with van der Waals surface area (Å²) in [6, 6.07) is 14.2. The fourth-order valence-corrected chi connectivity index (χ4v) is 2.44. The van der Waals surface area contributed by atoms with Gasteiger partial charge in [-0.05, 0) is 55.2 Å². The Morgan fingerprint density at radius 2 is 1.82 bits per heavy atom. The van der Waals surface area contributed by atoms with Gasteiger partial charge in [-0.3, -0.25) is 4.99 Å². The lowest BCUT2D eigenvalue weighted by Gasteiger charge is -2.09. The molecule has 2 aromatic carbocycles. The van der Waals surface area contributed by atoms with Crippen LogP contribution in [0.2, 0.25) is 0 Å². The van der Waals surface area contributed by atoms with Crippen LogP contribution in [0.5, 0.6) is 5.75 Å². The summed E-state index contributed by atoms with van der Waals surface area (Å²) in [5.74, 6) is 1.32. The van der Waals surface area contributed by atoms with Crippen molar-refractivity contribution in [3.8, 4) is 5.75 Å². The van der Waals surface area contributed by atoms with Crippen LogP contribution >= 0.6 is 0 Å². The average Bonchev–Trinajstić information content (AvgIpc) is 2.46. The molecule has 0 heterocycles. The van der Waals surface area contributed by atoms with Crippen LogP contribution in [0.25, 0.3) is 0 Å². The Labute approximate surface area is 132 Å². The molecule has 22 heavy (non-hydrogen) atoms. The van der Waals surface area contributed by atoms with E-state index >= 15 is 0 Å². The molecule has 0 aliphatic carbocycles. The van der Waals surface area contributed by atoms with Gasteiger partial charge in [0.1, 0.15) is 5.75 Å². The third-order valence-corrected chi connectivity index (χ3v) is 3.35. The van der Waals surface area contributed by atoms with E-state index in [4.69, 9.17) is 10.5 Å². The van der Waals surface area contributed by atoms with E-state index in [2.05, 4.69) is 42.4 Å². The summed E-state index contributed by atoms with van der Waals surface area (Å²) in [4.78, 5) is 4.38. The maximum Gasteiger partial charge on any atom is 0.193 e. The Morgan fingerprint density at radius 1 is 1.14 bits per heavy atom. The molecule has 0 fully saturated rings. The van der Waals surface area contributed by atoms with Gasteiger partial charge in [0.25, 0.3) is 0 Å². The van der Waals surface area contributed by atoms with Gasteiger partial charge in [0.15, 0.2) is 5.96 Å². The number of aryl methyl sites for hydroxylation is 2. The number of rotatable bonds is 5.